The van der Waals surface area contributed by atoms with Crippen LogP contribution in [0.25, 0.3) is 21.8 Å². The van der Waals surface area contributed by atoms with Crippen molar-refractivity contribution >= 4 is 41.8 Å². The van der Waals surface area contributed by atoms with Gasteiger partial charge in [-0.05, 0) is 24.3 Å². The molecule has 0 amide bonds. The average molecular weight is 340 g/mol. The Bertz CT molecular complexity index is 904. The highest BCUT2D eigenvalue weighted by Crippen LogP contribution is 2.23. The van der Waals surface area contributed by atoms with Crippen LogP contribution in [0.5, 0.6) is 11.5 Å². The van der Waals surface area contributed by atoms with Gasteiger partial charge in [0.15, 0.2) is 0 Å². The smallest absolute Gasteiger partial charge is 0.143 e. The SMILES string of the molecule is ClCCOc1cccc2cc[nH]c12.Oc1cccc2cc[nH]c12.[B]. The molecule has 3 N–H and O–H groups in total. The summed E-state index contributed by atoms with van der Waals surface area (Å²) in [5.74, 6) is 1.68. The lowest BCUT2D eigenvalue weighted by Gasteiger charge is -2.04. The maximum atomic E-state index is 9.23. The van der Waals surface area contributed by atoms with Crippen LogP contribution in [0.1, 0.15) is 0 Å². The minimum absolute atomic E-state index is 0. The first kappa shape index (κ1) is 17.8. The largest absolute Gasteiger partial charge is 0.506 e. The van der Waals surface area contributed by atoms with Crippen molar-refractivity contribution in [3.05, 3.63) is 60.9 Å². The molecule has 2 aromatic carbocycles. The molecule has 0 fully saturated rings. The van der Waals surface area contributed by atoms with E-state index in [0.29, 0.717) is 18.2 Å². The summed E-state index contributed by atoms with van der Waals surface area (Å²) < 4.78 is 5.46. The van der Waals surface area contributed by atoms with Crippen molar-refractivity contribution in [2.24, 2.45) is 0 Å². The molecule has 0 unspecified atom stereocenters. The van der Waals surface area contributed by atoms with E-state index in [9.17, 15) is 5.11 Å². The lowest BCUT2D eigenvalue weighted by atomic mass is 10.2. The maximum absolute atomic E-state index is 9.23. The lowest BCUT2D eigenvalue weighted by molar-refractivity contribution is 0.346. The Morgan fingerprint density at radius 2 is 1.50 bits per heavy atom. The molecule has 0 atom stereocenters. The Morgan fingerprint density at radius 3 is 2.17 bits per heavy atom. The lowest BCUT2D eigenvalue weighted by Crippen LogP contribution is -1.98. The van der Waals surface area contributed by atoms with E-state index >= 15 is 0 Å². The van der Waals surface area contributed by atoms with Gasteiger partial charge in [0.1, 0.15) is 18.1 Å². The van der Waals surface area contributed by atoms with Gasteiger partial charge < -0.3 is 19.8 Å². The number of aromatic hydroxyl groups is 1. The van der Waals surface area contributed by atoms with Crippen molar-refractivity contribution in [1.82, 2.24) is 9.97 Å². The highest BCUT2D eigenvalue weighted by Gasteiger charge is 2.01. The van der Waals surface area contributed by atoms with Gasteiger partial charge in [0, 0.05) is 31.6 Å². The molecule has 2 aromatic heterocycles. The number of phenolic OH excluding ortho intramolecular Hbond substituents is 1. The van der Waals surface area contributed by atoms with Crippen LogP contribution in [0, 0.1) is 0 Å². The number of hydrogen-bond donors (Lipinski definition) is 3. The van der Waals surface area contributed by atoms with E-state index in [2.05, 4.69) is 9.97 Å². The highest BCUT2D eigenvalue weighted by molar-refractivity contribution is 6.18. The van der Waals surface area contributed by atoms with Gasteiger partial charge in [-0.15, -0.1) is 11.6 Å². The molecule has 0 aliphatic heterocycles. The molecular weight excluding hydrogens is 322 g/mol. The summed E-state index contributed by atoms with van der Waals surface area (Å²) in [4.78, 5) is 6.07. The topological polar surface area (TPSA) is 61.0 Å². The van der Waals surface area contributed by atoms with Crippen LogP contribution < -0.4 is 4.74 Å². The number of H-pyrrole nitrogens is 2. The first-order chi connectivity index (χ1) is 11.3. The first-order valence-electron chi connectivity index (χ1n) is 7.29. The molecule has 2 heterocycles. The van der Waals surface area contributed by atoms with Gasteiger partial charge in [0.25, 0.3) is 0 Å². The minimum Gasteiger partial charge on any atom is -0.506 e. The highest BCUT2D eigenvalue weighted by atomic mass is 35.5. The van der Waals surface area contributed by atoms with Crippen molar-refractivity contribution in [3.8, 4) is 11.5 Å². The minimum atomic E-state index is 0. The van der Waals surface area contributed by atoms with Gasteiger partial charge in [0.2, 0.25) is 0 Å². The molecule has 0 aliphatic rings. The van der Waals surface area contributed by atoms with E-state index in [0.717, 1.165) is 27.6 Å². The Balaban J connectivity index is 0.000000172. The van der Waals surface area contributed by atoms with Gasteiger partial charge in [-0.1, -0.05) is 24.3 Å². The maximum Gasteiger partial charge on any atom is 0.143 e. The standard InChI is InChI=1S/C10H10ClNO.C8H7NO.B/c11-5-7-13-9-3-1-2-8-4-6-12-10(8)9;10-7-3-1-2-6-4-5-9-8(6)7;/h1-4,6,12H,5,7H2;1-5,9-10H;. The molecule has 121 valence electrons. The fraction of sp³-hybridized carbons (Fsp3) is 0.111. The molecule has 0 spiro atoms. The molecule has 24 heavy (non-hydrogen) atoms. The summed E-state index contributed by atoms with van der Waals surface area (Å²) in [6.07, 6.45) is 3.71. The zero-order valence-electron chi connectivity index (χ0n) is 13.0. The van der Waals surface area contributed by atoms with Crippen LogP contribution in [0.4, 0.5) is 0 Å². The van der Waals surface area contributed by atoms with E-state index in [4.69, 9.17) is 16.3 Å². The third kappa shape index (κ3) is 3.86. The van der Waals surface area contributed by atoms with Crippen molar-refractivity contribution in [2.45, 2.75) is 0 Å². The number of phenols is 1. The molecule has 3 radical (unpaired) electrons. The number of alkyl halides is 1. The molecule has 0 bridgehead atoms. The number of ether oxygens (including phenoxy) is 1. The summed E-state index contributed by atoms with van der Waals surface area (Å²) in [5.41, 5.74) is 1.84. The second-order valence-electron chi connectivity index (χ2n) is 4.95. The molecule has 0 saturated carbocycles. The fourth-order valence-electron chi connectivity index (χ4n) is 2.39. The van der Waals surface area contributed by atoms with Crippen molar-refractivity contribution in [2.75, 3.05) is 12.5 Å². The second-order valence-corrected chi connectivity index (χ2v) is 5.33. The number of aromatic amines is 2. The number of para-hydroxylation sites is 2. The van der Waals surface area contributed by atoms with Crippen molar-refractivity contribution < 1.29 is 9.84 Å². The van der Waals surface area contributed by atoms with Crippen LogP contribution in [-0.2, 0) is 0 Å². The summed E-state index contributed by atoms with van der Waals surface area (Å²) >= 11 is 5.54. The quantitative estimate of drug-likeness (QED) is 0.385. The van der Waals surface area contributed by atoms with E-state index in [1.54, 1.807) is 6.07 Å². The summed E-state index contributed by atoms with van der Waals surface area (Å²) in [7, 11) is 0. The third-order valence-corrected chi connectivity index (χ3v) is 3.60. The van der Waals surface area contributed by atoms with E-state index in [1.807, 2.05) is 54.9 Å². The molecule has 4 rings (SSSR count). The van der Waals surface area contributed by atoms with Crippen LogP contribution in [-0.4, -0.2) is 36.0 Å². The van der Waals surface area contributed by atoms with Crippen molar-refractivity contribution in [3.63, 3.8) is 0 Å². The normalized spacial score (nSPS) is 10.0. The Labute approximate surface area is 147 Å². The second kappa shape index (κ2) is 8.36. The number of halogens is 1. The van der Waals surface area contributed by atoms with Crippen LogP contribution in [0.15, 0.2) is 60.9 Å². The number of benzene rings is 2. The van der Waals surface area contributed by atoms with Crippen LogP contribution >= 0.6 is 11.6 Å². The van der Waals surface area contributed by atoms with Gasteiger partial charge >= 0.3 is 0 Å². The van der Waals surface area contributed by atoms with Gasteiger partial charge in [0.05, 0.1) is 16.9 Å². The third-order valence-electron chi connectivity index (χ3n) is 3.45. The Kier molecular flexibility index (Phi) is 6.21. The number of hydrogen-bond acceptors (Lipinski definition) is 2. The summed E-state index contributed by atoms with van der Waals surface area (Å²) in [5, 5.41) is 11.4. The number of fused-ring (bicyclic) bond motifs is 2. The Hall–Kier alpha value is -2.53. The van der Waals surface area contributed by atoms with E-state index in [-0.39, 0.29) is 8.41 Å². The summed E-state index contributed by atoms with van der Waals surface area (Å²) in [6, 6.07) is 15.3. The van der Waals surface area contributed by atoms with Crippen LogP contribution in [0.3, 0.4) is 0 Å². The first-order valence-corrected chi connectivity index (χ1v) is 7.83. The monoisotopic (exact) mass is 339 g/mol. The zero-order chi connectivity index (χ0) is 16.1. The molecule has 0 aliphatic carbocycles. The van der Waals surface area contributed by atoms with Gasteiger partial charge in [-0.3, -0.25) is 0 Å². The fourth-order valence-corrected chi connectivity index (χ4v) is 2.47. The van der Waals surface area contributed by atoms with E-state index in [1.165, 1.54) is 0 Å². The van der Waals surface area contributed by atoms with Crippen LogP contribution in [0.2, 0.25) is 0 Å². The van der Waals surface area contributed by atoms with Gasteiger partial charge in [-0.2, -0.15) is 0 Å². The number of rotatable bonds is 3. The molecule has 6 heteroatoms. The number of nitrogens with one attached hydrogen (secondary N) is 2. The molecule has 4 nitrogen and oxygen atoms in total. The predicted molar refractivity (Wildman–Crippen MR) is 100 cm³/mol. The molecular formula is C18H17BClN2O2. The average Bonchev–Trinajstić information content (AvgIpc) is 3.23. The summed E-state index contributed by atoms with van der Waals surface area (Å²) in [6.45, 7) is 0.541. The Morgan fingerprint density at radius 1 is 0.875 bits per heavy atom. The number of aromatic nitrogens is 2. The zero-order valence-corrected chi connectivity index (χ0v) is 13.8. The predicted octanol–water partition coefficient (Wildman–Crippen LogP) is 4.28. The molecule has 0 saturated heterocycles. The van der Waals surface area contributed by atoms with Crippen molar-refractivity contribution in [1.29, 1.82) is 0 Å². The molecule has 4 aromatic rings. The van der Waals surface area contributed by atoms with Gasteiger partial charge in [-0.25, -0.2) is 0 Å². The van der Waals surface area contributed by atoms with E-state index < -0.39 is 0 Å².